The van der Waals surface area contributed by atoms with E-state index in [0.29, 0.717) is 23.5 Å². The lowest BCUT2D eigenvalue weighted by molar-refractivity contribution is -0.147. The normalized spacial score (nSPS) is 33.4. The average Bonchev–Trinajstić information content (AvgIpc) is 3.31. The maximum Gasteiger partial charge on any atom is 0.328 e. The molecule has 0 heterocycles. The Labute approximate surface area is 249 Å². The van der Waals surface area contributed by atoms with E-state index in [0.717, 1.165) is 43.4 Å². The van der Waals surface area contributed by atoms with Crippen molar-refractivity contribution in [3.63, 3.8) is 0 Å². The van der Waals surface area contributed by atoms with Crippen molar-refractivity contribution in [1.29, 1.82) is 0 Å². The van der Waals surface area contributed by atoms with Crippen LogP contribution in [0.4, 0.5) is 0 Å². The Balaban J connectivity index is 1.19. The van der Waals surface area contributed by atoms with Gasteiger partial charge < -0.3 is 20.0 Å². The lowest BCUT2D eigenvalue weighted by Gasteiger charge is -2.58. The van der Waals surface area contributed by atoms with Crippen LogP contribution < -0.4 is 5.32 Å². The Kier molecular flexibility index (Phi) is 8.81. The maximum absolute atomic E-state index is 12.7. The number of phenols is 1. The minimum atomic E-state index is -0.867. The van der Waals surface area contributed by atoms with Gasteiger partial charge in [-0.05, 0) is 118 Å². The molecule has 0 bridgehead atoms. The Morgan fingerprint density at radius 1 is 1.05 bits per heavy atom. The summed E-state index contributed by atoms with van der Waals surface area (Å²) in [4.78, 5) is 43.1. The molecule has 0 aromatic heterocycles. The first-order valence-electron chi connectivity index (χ1n) is 15.7. The number of carbonyl (C=O) groups excluding carboxylic acids is 3. The molecule has 0 radical (unpaired) electrons. The molecule has 1 amide bonds. The molecule has 0 spiro atoms. The van der Waals surface area contributed by atoms with Crippen molar-refractivity contribution in [3.8, 4) is 5.75 Å². The van der Waals surface area contributed by atoms with Gasteiger partial charge in [0.25, 0.3) is 5.91 Å². The number of benzene rings is 1. The van der Waals surface area contributed by atoms with E-state index in [2.05, 4.69) is 30.4 Å². The molecule has 0 saturated heterocycles. The molecule has 4 aliphatic rings. The number of ketones is 1. The van der Waals surface area contributed by atoms with Crippen molar-refractivity contribution in [2.75, 3.05) is 13.2 Å². The van der Waals surface area contributed by atoms with Crippen LogP contribution in [0.2, 0.25) is 0 Å². The van der Waals surface area contributed by atoms with Crippen LogP contribution in [0.1, 0.15) is 84.6 Å². The summed E-state index contributed by atoms with van der Waals surface area (Å²) in [6, 6.07) is 5.62. The van der Waals surface area contributed by atoms with E-state index in [9.17, 15) is 19.5 Å². The number of oxime groups is 1. The lowest BCUT2D eigenvalue weighted by Crippen LogP contribution is -2.51. The van der Waals surface area contributed by atoms with E-state index in [4.69, 9.17) is 9.57 Å². The highest BCUT2D eigenvalue weighted by Gasteiger charge is 2.59. The molecule has 2 N–H and O–H groups in total. The monoisotopic (exact) mass is 578 g/mol. The number of carbonyl (C=O) groups is 3. The predicted octanol–water partition coefficient (Wildman–Crippen LogP) is 5.52. The van der Waals surface area contributed by atoms with Crippen LogP contribution in [0.5, 0.6) is 5.75 Å². The van der Waals surface area contributed by atoms with Crippen LogP contribution in [0.15, 0.2) is 41.1 Å². The summed E-state index contributed by atoms with van der Waals surface area (Å²) >= 11 is 0. The number of fused-ring (bicyclic) bond motifs is 5. The second kappa shape index (κ2) is 12.2. The quantitative estimate of drug-likeness (QED) is 0.295. The van der Waals surface area contributed by atoms with Gasteiger partial charge in [-0.3, -0.25) is 9.59 Å². The third kappa shape index (κ3) is 5.86. The Morgan fingerprint density at radius 3 is 2.52 bits per heavy atom. The van der Waals surface area contributed by atoms with Gasteiger partial charge in [0, 0.05) is 12.3 Å². The predicted molar refractivity (Wildman–Crippen MR) is 160 cm³/mol. The number of ether oxygens (including phenoxy) is 1. The summed E-state index contributed by atoms with van der Waals surface area (Å²) < 4.78 is 5.15. The molecule has 3 saturated carbocycles. The molecule has 4 aliphatic carbocycles. The smallest absolute Gasteiger partial charge is 0.328 e. The van der Waals surface area contributed by atoms with Gasteiger partial charge in [0.05, 0.1) is 12.3 Å². The number of aromatic hydroxyl groups is 1. The topological polar surface area (TPSA) is 114 Å². The molecule has 1 aromatic carbocycles. The number of hydrogen-bond acceptors (Lipinski definition) is 7. The van der Waals surface area contributed by atoms with E-state index in [-0.39, 0.29) is 42.1 Å². The van der Waals surface area contributed by atoms with E-state index < -0.39 is 17.9 Å². The number of Topliss-reactive ketones (excluding diaryl/α,β-unsaturated/α-hetero) is 1. The van der Waals surface area contributed by atoms with Crippen molar-refractivity contribution in [3.05, 3.63) is 41.5 Å². The molecule has 0 aliphatic heterocycles. The number of nitrogens with zero attached hydrogens (tertiary/aromatic N) is 1. The van der Waals surface area contributed by atoms with Gasteiger partial charge in [0.15, 0.2) is 6.61 Å². The van der Waals surface area contributed by atoms with E-state index in [1.807, 2.05) is 0 Å². The maximum atomic E-state index is 12.7. The first-order valence-corrected chi connectivity index (χ1v) is 15.7. The van der Waals surface area contributed by atoms with Crippen molar-refractivity contribution >= 4 is 23.4 Å². The fourth-order valence-corrected chi connectivity index (χ4v) is 9.02. The summed E-state index contributed by atoms with van der Waals surface area (Å²) in [5.41, 5.74) is 3.40. The zero-order valence-electron chi connectivity index (χ0n) is 25.5. The SMILES string of the molecule is CCOC(=O)[C@H](Cc1ccc(O)cc1)NC(=O)CO/N=C1\C=C2CC[C@H]3[C@@H]4CC[C@H](C(C)=O)[C@@]4(C)CC[C@@H]3[C@@]2(C)CC1. The highest BCUT2D eigenvalue weighted by Crippen LogP contribution is 2.66. The second-order valence-electron chi connectivity index (χ2n) is 13.4. The summed E-state index contributed by atoms with van der Waals surface area (Å²) in [6.45, 7) is 8.25. The molecule has 42 heavy (non-hydrogen) atoms. The third-order valence-electron chi connectivity index (χ3n) is 11.1. The molecule has 3 fully saturated rings. The van der Waals surface area contributed by atoms with Crippen LogP contribution >= 0.6 is 0 Å². The second-order valence-corrected chi connectivity index (χ2v) is 13.4. The van der Waals surface area contributed by atoms with Crippen molar-refractivity contribution in [1.82, 2.24) is 5.32 Å². The Bertz CT molecular complexity index is 1250. The highest BCUT2D eigenvalue weighted by molar-refractivity contribution is 5.96. The van der Waals surface area contributed by atoms with Crippen LogP contribution in [-0.2, 0) is 30.4 Å². The van der Waals surface area contributed by atoms with Gasteiger partial charge in [0.1, 0.15) is 17.6 Å². The molecule has 7 atom stereocenters. The van der Waals surface area contributed by atoms with Gasteiger partial charge in [-0.25, -0.2) is 4.79 Å². The Hall–Kier alpha value is -3.16. The number of esters is 1. The molecular formula is C34H46N2O6. The number of phenolic OH excluding ortho intramolecular Hbond substituents is 1. The number of nitrogens with one attached hydrogen (secondary N) is 1. The summed E-state index contributed by atoms with van der Waals surface area (Å²) in [5, 5.41) is 16.6. The van der Waals surface area contributed by atoms with Crippen LogP contribution in [0.25, 0.3) is 0 Å². The first kappa shape index (κ1) is 30.3. The molecule has 0 unspecified atom stereocenters. The fourth-order valence-electron chi connectivity index (χ4n) is 9.02. The van der Waals surface area contributed by atoms with Gasteiger partial charge in [0.2, 0.25) is 0 Å². The van der Waals surface area contributed by atoms with Gasteiger partial charge >= 0.3 is 5.97 Å². The van der Waals surface area contributed by atoms with Crippen LogP contribution in [0.3, 0.4) is 0 Å². The summed E-state index contributed by atoms with van der Waals surface area (Å²) in [7, 11) is 0. The van der Waals surface area contributed by atoms with E-state index in [1.165, 1.54) is 24.8 Å². The number of allylic oxidation sites excluding steroid dienone is 2. The Morgan fingerprint density at radius 2 is 1.81 bits per heavy atom. The highest BCUT2D eigenvalue weighted by atomic mass is 16.6. The summed E-state index contributed by atoms with van der Waals surface area (Å²) in [6.07, 6.45) is 11.0. The molecule has 1 aromatic rings. The molecule has 228 valence electrons. The minimum absolute atomic E-state index is 0.132. The average molecular weight is 579 g/mol. The van der Waals surface area contributed by atoms with Gasteiger partial charge in [-0.15, -0.1) is 0 Å². The largest absolute Gasteiger partial charge is 0.508 e. The molecule has 5 rings (SSSR count). The molecule has 8 heteroatoms. The standard InChI is InChI=1S/C34H46N2O6/c1-5-41-32(40)30(18-22-6-9-25(38)10-7-22)35-31(39)20-42-36-24-14-16-33(3)23(19-24)8-11-26-28-13-12-27(21(2)37)34(28,4)17-15-29(26)33/h6-7,9-10,19,26-30,38H,5,8,11-18,20H2,1-4H3,(H,35,39)/b36-24-/t26-,27+,28-,29-,30-,33-,34+/m0/s1. The zero-order valence-corrected chi connectivity index (χ0v) is 25.5. The number of rotatable bonds is 9. The number of amides is 1. The molecule has 8 nitrogen and oxygen atoms in total. The lowest BCUT2D eigenvalue weighted by atomic mass is 9.46. The van der Waals surface area contributed by atoms with Crippen molar-refractivity contribution in [2.24, 2.45) is 39.7 Å². The first-order chi connectivity index (χ1) is 20.0. The van der Waals surface area contributed by atoms with Gasteiger partial charge in [-0.2, -0.15) is 0 Å². The van der Waals surface area contributed by atoms with E-state index in [1.54, 1.807) is 38.1 Å². The molecular weight excluding hydrogens is 532 g/mol. The van der Waals surface area contributed by atoms with Crippen molar-refractivity contribution in [2.45, 2.75) is 91.5 Å². The third-order valence-corrected chi connectivity index (χ3v) is 11.1. The number of hydrogen-bond donors (Lipinski definition) is 2. The zero-order chi connectivity index (χ0) is 30.1. The van der Waals surface area contributed by atoms with Crippen LogP contribution in [-0.4, -0.2) is 47.7 Å². The van der Waals surface area contributed by atoms with Crippen LogP contribution in [0, 0.1) is 34.5 Å². The van der Waals surface area contributed by atoms with Crippen molar-refractivity contribution < 1.29 is 29.1 Å². The summed E-state index contributed by atoms with van der Waals surface area (Å²) in [5.74, 6) is 1.74. The minimum Gasteiger partial charge on any atom is -0.508 e. The van der Waals surface area contributed by atoms with Gasteiger partial charge in [-0.1, -0.05) is 36.7 Å². The van der Waals surface area contributed by atoms with E-state index >= 15 is 0 Å². The fraction of sp³-hybridized carbons (Fsp3) is 0.647.